The van der Waals surface area contributed by atoms with Crippen LogP contribution in [-0.2, 0) is 4.79 Å². The number of anilines is 1. The fourth-order valence-electron chi connectivity index (χ4n) is 4.83. The van der Waals surface area contributed by atoms with Gasteiger partial charge in [0.25, 0.3) is 0 Å². The molecule has 1 amide bonds. The number of aromatic nitrogens is 3. The Kier molecular flexibility index (Phi) is 9.42. The van der Waals surface area contributed by atoms with Crippen LogP contribution in [-0.4, -0.2) is 63.0 Å². The van der Waals surface area contributed by atoms with Crippen LogP contribution in [0, 0.1) is 12.7 Å². The molecule has 0 saturated carbocycles. The third-order valence-corrected chi connectivity index (χ3v) is 7.56. The van der Waals surface area contributed by atoms with Crippen molar-refractivity contribution in [2.24, 2.45) is 0 Å². The minimum atomic E-state index is -0.544. The van der Waals surface area contributed by atoms with E-state index in [1.165, 1.54) is 6.07 Å². The molecule has 0 bridgehead atoms. The van der Waals surface area contributed by atoms with Gasteiger partial charge in [-0.25, -0.2) is 9.37 Å². The first-order chi connectivity index (χ1) is 18.7. The molecule has 1 fully saturated rings. The molecule has 2 aromatic heterocycles. The molecule has 0 spiro atoms. The number of aryl methyl sites for hydroxylation is 1. The van der Waals surface area contributed by atoms with Gasteiger partial charge in [0.15, 0.2) is 11.6 Å². The van der Waals surface area contributed by atoms with Gasteiger partial charge in [-0.2, -0.15) is 5.10 Å². The summed E-state index contributed by atoms with van der Waals surface area (Å²) >= 11 is 6.22. The van der Waals surface area contributed by atoms with Crippen molar-refractivity contribution in [1.82, 2.24) is 25.0 Å². The molecule has 2 unspecified atom stereocenters. The SMILES string of the molecule is Cc1ccc(F)c(Cl)c1C(C)Oc1cc(-c2cnn(C3CCN(C(=O)CCNC(C)CO)CC3)c2)cnc1N. The Hall–Kier alpha value is -3.21. The van der Waals surface area contributed by atoms with E-state index in [4.69, 9.17) is 27.2 Å². The normalized spacial score (nSPS) is 15.8. The van der Waals surface area contributed by atoms with Crippen LogP contribution in [0.1, 0.15) is 56.4 Å². The average molecular weight is 559 g/mol. The Balaban J connectivity index is 1.39. The van der Waals surface area contributed by atoms with E-state index in [1.54, 1.807) is 31.5 Å². The minimum absolute atomic E-state index is 0.0176. The van der Waals surface area contributed by atoms with Crippen molar-refractivity contribution in [2.45, 2.75) is 58.2 Å². The number of carbonyl (C=O) groups is 1. The molecule has 1 saturated heterocycles. The van der Waals surface area contributed by atoms with Crippen LogP contribution in [0.2, 0.25) is 5.02 Å². The molecular formula is C28H36ClFN6O3. The second-order valence-corrected chi connectivity index (χ2v) is 10.4. The summed E-state index contributed by atoms with van der Waals surface area (Å²) in [5, 5.41) is 16.8. The molecule has 3 aromatic rings. The third-order valence-electron chi connectivity index (χ3n) is 7.17. The fraction of sp³-hybridized carbons (Fsp3) is 0.464. The number of benzene rings is 1. The molecule has 4 N–H and O–H groups in total. The zero-order chi connectivity index (χ0) is 28.1. The van der Waals surface area contributed by atoms with Crippen molar-refractivity contribution < 1.29 is 19.0 Å². The molecule has 1 aliphatic heterocycles. The largest absolute Gasteiger partial charge is 0.482 e. The number of likely N-dealkylation sites (tertiary alicyclic amines) is 1. The average Bonchev–Trinajstić information content (AvgIpc) is 3.42. The zero-order valence-corrected chi connectivity index (χ0v) is 23.3. The number of amides is 1. The number of halogens is 2. The van der Waals surface area contributed by atoms with Gasteiger partial charge in [-0.3, -0.25) is 9.48 Å². The molecule has 3 heterocycles. The van der Waals surface area contributed by atoms with E-state index in [-0.39, 0.29) is 35.4 Å². The highest BCUT2D eigenvalue weighted by Crippen LogP contribution is 2.35. The number of rotatable bonds is 10. The second kappa shape index (κ2) is 12.8. The maximum atomic E-state index is 14.1. The highest BCUT2D eigenvalue weighted by atomic mass is 35.5. The number of hydrogen-bond donors (Lipinski definition) is 3. The summed E-state index contributed by atoms with van der Waals surface area (Å²) in [6.07, 6.45) is 6.91. The Labute approximate surface area is 233 Å². The van der Waals surface area contributed by atoms with Crippen LogP contribution in [0.5, 0.6) is 5.75 Å². The number of nitrogens with zero attached hydrogens (tertiary/aromatic N) is 4. The summed E-state index contributed by atoms with van der Waals surface area (Å²) in [6, 6.07) is 4.97. The lowest BCUT2D eigenvalue weighted by atomic mass is 10.0. The summed E-state index contributed by atoms with van der Waals surface area (Å²) in [4.78, 5) is 18.7. The van der Waals surface area contributed by atoms with Crippen LogP contribution in [0.15, 0.2) is 36.8 Å². The van der Waals surface area contributed by atoms with Crippen molar-refractivity contribution in [2.75, 3.05) is 32.0 Å². The first-order valence-electron chi connectivity index (χ1n) is 13.2. The molecule has 1 aliphatic rings. The first kappa shape index (κ1) is 28.8. The van der Waals surface area contributed by atoms with Gasteiger partial charge in [0, 0.05) is 61.2 Å². The van der Waals surface area contributed by atoms with Gasteiger partial charge in [0.05, 0.1) is 23.9 Å². The van der Waals surface area contributed by atoms with Crippen molar-refractivity contribution in [3.63, 3.8) is 0 Å². The lowest BCUT2D eigenvalue weighted by molar-refractivity contribution is -0.132. The Morgan fingerprint density at radius 2 is 2.03 bits per heavy atom. The maximum Gasteiger partial charge on any atom is 0.223 e. The van der Waals surface area contributed by atoms with Crippen LogP contribution in [0.25, 0.3) is 11.1 Å². The van der Waals surface area contributed by atoms with Crippen molar-refractivity contribution in [3.8, 4) is 16.9 Å². The highest BCUT2D eigenvalue weighted by Gasteiger charge is 2.25. The van der Waals surface area contributed by atoms with E-state index in [1.807, 2.05) is 29.6 Å². The van der Waals surface area contributed by atoms with Crippen LogP contribution >= 0.6 is 11.6 Å². The summed E-state index contributed by atoms with van der Waals surface area (Å²) < 4.78 is 22.1. The van der Waals surface area contributed by atoms with Crippen molar-refractivity contribution >= 4 is 23.3 Å². The number of piperidine rings is 1. The van der Waals surface area contributed by atoms with Gasteiger partial charge in [0.1, 0.15) is 11.9 Å². The minimum Gasteiger partial charge on any atom is -0.482 e. The van der Waals surface area contributed by atoms with Crippen molar-refractivity contribution in [3.05, 3.63) is 58.8 Å². The second-order valence-electron chi connectivity index (χ2n) is 10.1. The predicted octanol–water partition coefficient (Wildman–Crippen LogP) is 4.29. The molecule has 4 rings (SSSR count). The number of aliphatic hydroxyl groups is 1. The number of ether oxygens (including phenoxy) is 1. The number of nitrogen functional groups attached to an aromatic ring is 1. The summed E-state index contributed by atoms with van der Waals surface area (Å²) in [5.74, 6) is 0.222. The van der Waals surface area contributed by atoms with Crippen molar-refractivity contribution in [1.29, 1.82) is 0 Å². The molecule has 39 heavy (non-hydrogen) atoms. The number of nitrogens with one attached hydrogen (secondary N) is 1. The fourth-order valence-corrected chi connectivity index (χ4v) is 5.20. The maximum absolute atomic E-state index is 14.1. The van der Waals surface area contributed by atoms with E-state index in [9.17, 15) is 9.18 Å². The molecule has 9 nitrogen and oxygen atoms in total. The molecule has 2 atom stereocenters. The van der Waals surface area contributed by atoms with Gasteiger partial charge in [-0.15, -0.1) is 0 Å². The smallest absolute Gasteiger partial charge is 0.223 e. The molecule has 210 valence electrons. The van der Waals surface area contributed by atoms with Gasteiger partial charge in [0.2, 0.25) is 5.91 Å². The van der Waals surface area contributed by atoms with Gasteiger partial charge < -0.3 is 25.8 Å². The summed E-state index contributed by atoms with van der Waals surface area (Å²) in [5.41, 5.74) is 9.14. The molecule has 1 aromatic carbocycles. The topological polar surface area (TPSA) is 119 Å². The van der Waals surface area contributed by atoms with Crippen LogP contribution < -0.4 is 15.8 Å². The molecule has 0 aliphatic carbocycles. The van der Waals surface area contributed by atoms with Gasteiger partial charge in [-0.1, -0.05) is 17.7 Å². The number of carbonyl (C=O) groups excluding carboxylic acids is 1. The first-order valence-corrected chi connectivity index (χ1v) is 13.6. The van der Waals surface area contributed by atoms with E-state index in [0.717, 1.165) is 29.5 Å². The highest BCUT2D eigenvalue weighted by molar-refractivity contribution is 6.31. The van der Waals surface area contributed by atoms with E-state index < -0.39 is 11.9 Å². The number of nitrogens with two attached hydrogens (primary N) is 1. The van der Waals surface area contributed by atoms with Crippen LogP contribution in [0.4, 0.5) is 10.2 Å². The Morgan fingerprint density at radius 1 is 1.28 bits per heavy atom. The lowest BCUT2D eigenvalue weighted by Crippen LogP contribution is -2.41. The quantitative estimate of drug-likeness (QED) is 0.339. The summed E-state index contributed by atoms with van der Waals surface area (Å²) in [6.45, 7) is 7.48. The summed E-state index contributed by atoms with van der Waals surface area (Å²) in [7, 11) is 0. The van der Waals surface area contributed by atoms with E-state index >= 15 is 0 Å². The standard InChI is InChI=1S/C28H36ClFN6O3/c1-17-4-5-23(30)27(29)26(17)19(3)39-24-12-20(13-33-28(24)31)21-14-34-36(15-21)22-7-10-35(11-8-22)25(38)6-9-32-18(2)16-37/h4-5,12-15,18-19,22,32,37H,6-11,16H2,1-3H3,(H2,31,33). The lowest BCUT2D eigenvalue weighted by Gasteiger charge is -2.32. The number of pyridine rings is 1. The zero-order valence-electron chi connectivity index (χ0n) is 22.5. The molecule has 0 radical (unpaired) electrons. The number of aliphatic hydroxyl groups excluding tert-OH is 1. The predicted molar refractivity (Wildman–Crippen MR) is 149 cm³/mol. The Morgan fingerprint density at radius 3 is 2.74 bits per heavy atom. The van der Waals surface area contributed by atoms with E-state index in [2.05, 4.69) is 15.4 Å². The van der Waals surface area contributed by atoms with E-state index in [0.29, 0.717) is 37.4 Å². The Bertz CT molecular complexity index is 1290. The monoisotopic (exact) mass is 558 g/mol. The molecule has 11 heteroatoms. The van der Waals surface area contributed by atoms with Gasteiger partial charge in [-0.05, 0) is 51.3 Å². The molecular weight excluding hydrogens is 523 g/mol. The van der Waals surface area contributed by atoms with Gasteiger partial charge >= 0.3 is 0 Å². The number of hydrogen-bond acceptors (Lipinski definition) is 7. The third kappa shape index (κ3) is 6.87. The van der Waals surface area contributed by atoms with Crippen LogP contribution in [0.3, 0.4) is 0 Å².